The Labute approximate surface area is 227 Å². The lowest BCUT2D eigenvalue weighted by Gasteiger charge is -2.40. The second-order valence-electron chi connectivity index (χ2n) is 10.4. The molecule has 202 valence electrons. The number of aliphatic hydroxyl groups is 4. The van der Waals surface area contributed by atoms with Gasteiger partial charge in [-0.15, -0.1) is 0 Å². The summed E-state index contributed by atoms with van der Waals surface area (Å²) in [6.07, 6.45) is -5.68. The van der Waals surface area contributed by atoms with Gasteiger partial charge >= 0.3 is 0 Å². The highest BCUT2D eigenvalue weighted by molar-refractivity contribution is 6.31. The van der Waals surface area contributed by atoms with Gasteiger partial charge in [-0.1, -0.05) is 60.1 Å². The quantitative estimate of drug-likeness (QED) is 0.361. The lowest BCUT2D eigenvalue weighted by atomic mass is 9.90. The van der Waals surface area contributed by atoms with Gasteiger partial charge in [-0.25, -0.2) is 0 Å². The molecule has 8 heteroatoms. The molecule has 0 bridgehead atoms. The van der Waals surface area contributed by atoms with Crippen molar-refractivity contribution in [2.45, 2.75) is 62.5 Å². The molecule has 1 saturated heterocycles. The predicted octanol–water partition coefficient (Wildman–Crippen LogP) is 3.83. The standard InChI is InChI=1S/C30H33ClO7/c1-30(2)22-6-4-3-5-21(22)25(38-30)16-36-20-10-7-17(8-11-20)13-19-14-18(9-12-23(19)31)29-28(35)27(34)26(33)24(15-32)37-29/h3-12,14,24-29,32-35H,13,15-16H2,1-2H3/t24-,25+,26-,27+,28-,29+/m1/s1. The van der Waals surface area contributed by atoms with E-state index < -0.39 is 37.1 Å². The van der Waals surface area contributed by atoms with Gasteiger partial charge in [0.15, 0.2) is 0 Å². The number of fused-ring (bicyclic) bond motifs is 1. The topological polar surface area (TPSA) is 109 Å². The Morgan fingerprint density at radius 2 is 1.66 bits per heavy atom. The van der Waals surface area contributed by atoms with E-state index in [9.17, 15) is 20.4 Å². The minimum absolute atomic E-state index is 0.134. The van der Waals surface area contributed by atoms with Crippen LogP contribution in [0.5, 0.6) is 5.75 Å². The van der Waals surface area contributed by atoms with Crippen LogP contribution in [0.25, 0.3) is 0 Å². The molecule has 1 fully saturated rings. The van der Waals surface area contributed by atoms with Gasteiger partial charge in [0.05, 0.1) is 12.2 Å². The van der Waals surface area contributed by atoms with E-state index in [0.29, 0.717) is 23.6 Å². The summed E-state index contributed by atoms with van der Waals surface area (Å²) in [5.74, 6) is 0.737. The van der Waals surface area contributed by atoms with Gasteiger partial charge in [-0.2, -0.15) is 0 Å². The van der Waals surface area contributed by atoms with Crippen molar-refractivity contribution in [2.24, 2.45) is 0 Å². The third-order valence-corrected chi connectivity index (χ3v) is 7.77. The van der Waals surface area contributed by atoms with E-state index >= 15 is 0 Å². The Hall–Kier alpha value is -2.49. The average Bonchev–Trinajstić information content (AvgIpc) is 3.18. The van der Waals surface area contributed by atoms with Gasteiger partial charge in [-0.3, -0.25) is 0 Å². The molecule has 0 saturated carbocycles. The third-order valence-electron chi connectivity index (χ3n) is 7.40. The second-order valence-corrected chi connectivity index (χ2v) is 10.8. The van der Waals surface area contributed by atoms with E-state index in [2.05, 4.69) is 26.0 Å². The molecule has 0 spiro atoms. The first kappa shape index (κ1) is 27.1. The van der Waals surface area contributed by atoms with Crippen LogP contribution in [-0.2, 0) is 21.5 Å². The largest absolute Gasteiger partial charge is 0.491 e. The molecule has 2 heterocycles. The molecule has 5 rings (SSSR count). The maximum Gasteiger partial charge on any atom is 0.119 e. The molecule has 6 atom stereocenters. The van der Waals surface area contributed by atoms with Crippen LogP contribution >= 0.6 is 11.6 Å². The molecule has 3 aromatic rings. The highest BCUT2D eigenvalue weighted by Gasteiger charge is 2.44. The van der Waals surface area contributed by atoms with Gasteiger partial charge < -0.3 is 34.6 Å². The fraction of sp³-hybridized carbons (Fsp3) is 0.400. The van der Waals surface area contributed by atoms with Crippen molar-refractivity contribution in [2.75, 3.05) is 13.2 Å². The Kier molecular flexibility index (Phi) is 7.80. The number of ether oxygens (including phenoxy) is 3. The zero-order chi connectivity index (χ0) is 27.0. The van der Waals surface area contributed by atoms with Crippen LogP contribution in [0, 0.1) is 0 Å². The Morgan fingerprint density at radius 1 is 0.921 bits per heavy atom. The van der Waals surface area contributed by atoms with E-state index in [1.165, 1.54) is 5.56 Å². The molecule has 2 aliphatic heterocycles. The molecular formula is C30H33ClO7. The number of hydrogen-bond donors (Lipinski definition) is 4. The van der Waals surface area contributed by atoms with Crippen LogP contribution in [0.3, 0.4) is 0 Å². The van der Waals surface area contributed by atoms with Gasteiger partial charge in [0.2, 0.25) is 0 Å². The molecule has 0 aliphatic carbocycles. The normalized spacial score (nSPS) is 28.2. The summed E-state index contributed by atoms with van der Waals surface area (Å²) in [5.41, 5.74) is 4.41. The van der Waals surface area contributed by atoms with Crippen molar-refractivity contribution in [1.82, 2.24) is 0 Å². The first-order valence-corrected chi connectivity index (χ1v) is 13.1. The molecule has 3 aromatic carbocycles. The van der Waals surface area contributed by atoms with Crippen LogP contribution in [0.1, 0.15) is 53.9 Å². The smallest absolute Gasteiger partial charge is 0.119 e. The summed E-state index contributed by atoms with van der Waals surface area (Å²) in [5, 5.41) is 40.8. The summed E-state index contributed by atoms with van der Waals surface area (Å²) < 4.78 is 18.0. The average molecular weight is 541 g/mol. The highest BCUT2D eigenvalue weighted by atomic mass is 35.5. The molecule has 0 aromatic heterocycles. The zero-order valence-electron chi connectivity index (χ0n) is 21.3. The van der Waals surface area contributed by atoms with Gasteiger partial charge in [0, 0.05) is 5.02 Å². The molecule has 2 aliphatic rings. The molecule has 4 N–H and O–H groups in total. The van der Waals surface area contributed by atoms with E-state index in [1.54, 1.807) is 12.1 Å². The maximum atomic E-state index is 10.5. The molecule has 0 radical (unpaired) electrons. The fourth-order valence-corrected chi connectivity index (χ4v) is 5.50. The van der Waals surface area contributed by atoms with Crippen LogP contribution in [0.4, 0.5) is 0 Å². The molecule has 7 nitrogen and oxygen atoms in total. The van der Waals surface area contributed by atoms with E-state index in [0.717, 1.165) is 22.4 Å². The van der Waals surface area contributed by atoms with Crippen LogP contribution in [0.15, 0.2) is 66.7 Å². The van der Waals surface area contributed by atoms with Crippen LogP contribution in [-0.4, -0.2) is 58.1 Å². The Balaban J connectivity index is 1.25. The maximum absolute atomic E-state index is 10.5. The van der Waals surface area contributed by atoms with Crippen molar-refractivity contribution in [3.05, 3.63) is 99.6 Å². The lowest BCUT2D eigenvalue weighted by molar-refractivity contribution is -0.231. The first-order chi connectivity index (χ1) is 18.2. The number of hydrogen-bond acceptors (Lipinski definition) is 7. The van der Waals surface area contributed by atoms with Crippen molar-refractivity contribution in [3.8, 4) is 5.75 Å². The second kappa shape index (κ2) is 10.9. The zero-order valence-corrected chi connectivity index (χ0v) is 22.1. The summed E-state index contributed by atoms with van der Waals surface area (Å²) >= 11 is 6.48. The van der Waals surface area contributed by atoms with Gasteiger partial charge in [0.25, 0.3) is 0 Å². The number of benzene rings is 3. The third kappa shape index (κ3) is 5.33. The molecule has 0 amide bonds. The monoisotopic (exact) mass is 540 g/mol. The van der Waals surface area contributed by atoms with Crippen molar-refractivity contribution >= 4 is 11.6 Å². The SMILES string of the molecule is CC1(C)O[C@@H](COc2ccc(Cc3cc([C@@H]4O[C@H](CO)[C@@H](O)[C@H](O)[C@H]4O)ccc3Cl)cc2)c2ccccc21. The molecule has 38 heavy (non-hydrogen) atoms. The Bertz CT molecular complexity index is 1260. The van der Waals surface area contributed by atoms with E-state index in [4.69, 9.17) is 25.8 Å². The lowest BCUT2D eigenvalue weighted by Crippen LogP contribution is -2.55. The highest BCUT2D eigenvalue weighted by Crippen LogP contribution is 2.43. The minimum atomic E-state index is -1.44. The van der Waals surface area contributed by atoms with Gasteiger partial charge in [0.1, 0.15) is 49.0 Å². The van der Waals surface area contributed by atoms with E-state index in [-0.39, 0.29) is 11.7 Å². The number of aliphatic hydroxyl groups excluding tert-OH is 4. The fourth-order valence-electron chi connectivity index (χ4n) is 5.31. The minimum Gasteiger partial charge on any atom is -0.491 e. The number of halogens is 1. The summed E-state index contributed by atoms with van der Waals surface area (Å²) in [6, 6.07) is 21.2. The van der Waals surface area contributed by atoms with Crippen molar-refractivity contribution < 1.29 is 34.6 Å². The molecule has 0 unspecified atom stereocenters. The van der Waals surface area contributed by atoms with Crippen molar-refractivity contribution in [1.29, 1.82) is 0 Å². The Morgan fingerprint density at radius 3 is 2.39 bits per heavy atom. The first-order valence-electron chi connectivity index (χ1n) is 12.8. The van der Waals surface area contributed by atoms with Crippen LogP contribution in [0.2, 0.25) is 5.02 Å². The van der Waals surface area contributed by atoms with Gasteiger partial charge in [-0.05, 0) is 66.3 Å². The summed E-state index contributed by atoms with van der Waals surface area (Å²) in [6.45, 7) is 4.07. The van der Waals surface area contributed by atoms with E-state index in [1.807, 2.05) is 42.5 Å². The number of rotatable bonds is 7. The summed E-state index contributed by atoms with van der Waals surface area (Å²) in [7, 11) is 0. The van der Waals surface area contributed by atoms with Crippen molar-refractivity contribution in [3.63, 3.8) is 0 Å². The molecular weight excluding hydrogens is 508 g/mol. The predicted molar refractivity (Wildman–Crippen MR) is 142 cm³/mol. The van der Waals surface area contributed by atoms with Crippen LogP contribution < -0.4 is 4.74 Å². The summed E-state index contributed by atoms with van der Waals surface area (Å²) in [4.78, 5) is 0.